The van der Waals surface area contributed by atoms with Crippen LogP contribution >= 0.6 is 11.6 Å². The van der Waals surface area contributed by atoms with Crippen LogP contribution in [0.15, 0.2) is 62.8 Å². The fourth-order valence-corrected chi connectivity index (χ4v) is 2.33. The Balaban J connectivity index is 2.02. The number of aromatic amines is 1. The van der Waals surface area contributed by atoms with E-state index < -0.39 is 17.4 Å². The second-order valence-corrected chi connectivity index (χ2v) is 5.48. The molecule has 0 fully saturated rings. The summed E-state index contributed by atoms with van der Waals surface area (Å²) in [5.74, 6) is 0. The molecule has 3 rings (SSSR count). The maximum Gasteiger partial charge on any atom is 0.416 e. The van der Waals surface area contributed by atoms with Crippen LogP contribution in [0.3, 0.4) is 0 Å². The van der Waals surface area contributed by atoms with Crippen LogP contribution in [0.1, 0.15) is 11.1 Å². The van der Waals surface area contributed by atoms with E-state index in [1.165, 1.54) is 0 Å². The number of hydrogen-bond donors (Lipinski definition) is 1. The average molecular weight is 367 g/mol. The molecule has 1 aromatic heterocycles. The minimum absolute atomic E-state index is 0.0328. The third kappa shape index (κ3) is 3.66. The zero-order valence-corrected chi connectivity index (χ0v) is 13.2. The number of benzene rings is 2. The second-order valence-electron chi connectivity index (χ2n) is 5.07. The number of nitrogens with zero attached hydrogens (tertiary/aromatic N) is 1. The zero-order valence-electron chi connectivity index (χ0n) is 12.5. The highest BCUT2D eigenvalue weighted by Crippen LogP contribution is 2.35. The highest BCUT2D eigenvalue weighted by molar-refractivity contribution is 6.33. The minimum atomic E-state index is -4.52. The van der Waals surface area contributed by atoms with Gasteiger partial charge in [0.15, 0.2) is 0 Å². The first kappa shape index (κ1) is 17.0. The Morgan fingerprint density at radius 1 is 1.12 bits per heavy atom. The molecule has 2 aromatic carbocycles. The molecular weight excluding hydrogens is 357 g/mol. The van der Waals surface area contributed by atoms with Crippen molar-refractivity contribution >= 4 is 23.5 Å². The summed E-state index contributed by atoms with van der Waals surface area (Å²) in [4.78, 5) is 15.8. The van der Waals surface area contributed by atoms with Crippen molar-refractivity contribution in [2.45, 2.75) is 6.18 Å². The van der Waals surface area contributed by atoms with Gasteiger partial charge in [-0.05, 0) is 18.2 Å². The number of aromatic nitrogens is 1. The lowest BCUT2D eigenvalue weighted by atomic mass is 10.1. The van der Waals surface area contributed by atoms with Gasteiger partial charge in [-0.3, -0.25) is 4.99 Å². The fourth-order valence-electron chi connectivity index (χ4n) is 2.17. The van der Waals surface area contributed by atoms with E-state index in [0.717, 1.165) is 24.4 Å². The van der Waals surface area contributed by atoms with Gasteiger partial charge in [-0.25, -0.2) is 9.95 Å². The van der Waals surface area contributed by atoms with Gasteiger partial charge in [-0.1, -0.05) is 41.9 Å². The number of hydrogen-bond acceptors (Lipinski definition) is 3. The molecule has 0 unspecified atom stereocenters. The highest BCUT2D eigenvalue weighted by atomic mass is 35.5. The summed E-state index contributed by atoms with van der Waals surface area (Å²) in [5, 5.41) is 2.52. The standard InChI is InChI=1S/C17H10ClF3N2O2/c18-13-7-6-11(17(19,20)21)8-14(13)22-9-12-15(23-25-16(12)24)10-4-2-1-3-5-10/h1-9,23H. The van der Waals surface area contributed by atoms with E-state index in [4.69, 9.17) is 16.1 Å². The van der Waals surface area contributed by atoms with Gasteiger partial charge in [0, 0.05) is 11.8 Å². The van der Waals surface area contributed by atoms with Crippen LogP contribution in [-0.4, -0.2) is 11.4 Å². The molecule has 0 spiro atoms. The summed E-state index contributed by atoms with van der Waals surface area (Å²) in [5.41, 5.74) is -0.544. The van der Waals surface area contributed by atoms with Crippen LogP contribution in [0.2, 0.25) is 5.02 Å². The fraction of sp³-hybridized carbons (Fsp3) is 0.0588. The van der Waals surface area contributed by atoms with Crippen molar-refractivity contribution in [3.8, 4) is 11.3 Å². The van der Waals surface area contributed by atoms with Gasteiger partial charge in [-0.2, -0.15) is 13.2 Å². The van der Waals surface area contributed by atoms with Crippen molar-refractivity contribution < 1.29 is 17.7 Å². The lowest BCUT2D eigenvalue weighted by Gasteiger charge is -2.07. The molecule has 4 nitrogen and oxygen atoms in total. The molecule has 0 aliphatic rings. The van der Waals surface area contributed by atoms with E-state index in [1.807, 2.05) is 0 Å². The van der Waals surface area contributed by atoms with E-state index in [2.05, 4.69) is 10.1 Å². The van der Waals surface area contributed by atoms with Gasteiger partial charge < -0.3 is 4.52 Å². The van der Waals surface area contributed by atoms with Gasteiger partial charge >= 0.3 is 11.8 Å². The number of nitrogens with one attached hydrogen (secondary N) is 1. The first-order valence-electron chi connectivity index (χ1n) is 7.04. The smallest absolute Gasteiger partial charge is 0.338 e. The number of aliphatic imine (C=N–C) groups is 1. The summed E-state index contributed by atoms with van der Waals surface area (Å²) in [7, 11) is 0. The van der Waals surface area contributed by atoms with E-state index in [0.29, 0.717) is 11.3 Å². The summed E-state index contributed by atoms with van der Waals surface area (Å²) in [6.07, 6.45) is -3.39. The number of alkyl halides is 3. The number of halogens is 4. The lowest BCUT2D eigenvalue weighted by molar-refractivity contribution is -0.137. The second kappa shape index (κ2) is 6.60. The molecule has 0 aliphatic heterocycles. The molecule has 0 saturated heterocycles. The van der Waals surface area contributed by atoms with Gasteiger partial charge in [-0.15, -0.1) is 0 Å². The molecule has 8 heteroatoms. The van der Waals surface area contributed by atoms with E-state index in [9.17, 15) is 18.0 Å². The molecule has 25 heavy (non-hydrogen) atoms. The Kier molecular flexibility index (Phi) is 4.50. The highest BCUT2D eigenvalue weighted by Gasteiger charge is 2.30. The zero-order chi connectivity index (χ0) is 18.0. The minimum Gasteiger partial charge on any atom is -0.338 e. The monoisotopic (exact) mass is 366 g/mol. The van der Waals surface area contributed by atoms with Crippen molar-refractivity contribution in [1.29, 1.82) is 0 Å². The van der Waals surface area contributed by atoms with Crippen molar-refractivity contribution in [2.75, 3.05) is 0 Å². The molecular formula is C17H10ClF3N2O2. The number of H-pyrrole nitrogens is 1. The third-order valence-electron chi connectivity index (χ3n) is 3.40. The Morgan fingerprint density at radius 2 is 1.84 bits per heavy atom. The van der Waals surface area contributed by atoms with Crippen LogP contribution < -0.4 is 5.63 Å². The maximum atomic E-state index is 12.8. The van der Waals surface area contributed by atoms with E-state index in [-0.39, 0.29) is 16.3 Å². The first-order chi connectivity index (χ1) is 11.9. The SMILES string of the molecule is O=c1o[nH]c(-c2ccccc2)c1C=Nc1cc(C(F)(F)F)ccc1Cl. The van der Waals surface area contributed by atoms with E-state index >= 15 is 0 Å². The lowest BCUT2D eigenvalue weighted by Crippen LogP contribution is -2.04. The topological polar surface area (TPSA) is 58.4 Å². The molecule has 0 saturated carbocycles. The Hall–Kier alpha value is -2.80. The predicted octanol–water partition coefficient (Wildman–Crippen LogP) is 5.06. The molecule has 1 heterocycles. The first-order valence-corrected chi connectivity index (χ1v) is 7.42. The molecule has 0 amide bonds. The normalized spacial score (nSPS) is 12.0. The van der Waals surface area contributed by atoms with Crippen LogP contribution in [0, 0.1) is 0 Å². The molecule has 0 radical (unpaired) electrons. The number of rotatable bonds is 3. The summed E-state index contributed by atoms with van der Waals surface area (Å²) in [6.45, 7) is 0. The van der Waals surface area contributed by atoms with Gasteiger partial charge in [0.2, 0.25) is 0 Å². The summed E-state index contributed by atoms with van der Waals surface area (Å²) in [6, 6.07) is 11.6. The molecule has 0 aliphatic carbocycles. The quantitative estimate of drug-likeness (QED) is 0.659. The third-order valence-corrected chi connectivity index (χ3v) is 3.72. The predicted molar refractivity (Wildman–Crippen MR) is 88.5 cm³/mol. The Labute approximate surface area is 144 Å². The summed E-state index contributed by atoms with van der Waals surface area (Å²) >= 11 is 5.89. The maximum absolute atomic E-state index is 12.8. The molecule has 0 atom stereocenters. The van der Waals surface area contributed by atoms with Gasteiger partial charge in [0.05, 0.1) is 22.0 Å². The van der Waals surface area contributed by atoms with E-state index in [1.54, 1.807) is 30.3 Å². The largest absolute Gasteiger partial charge is 0.416 e. The molecule has 3 aromatic rings. The molecule has 128 valence electrons. The van der Waals surface area contributed by atoms with Crippen molar-refractivity contribution in [3.05, 3.63) is 75.1 Å². The van der Waals surface area contributed by atoms with Gasteiger partial charge in [0.1, 0.15) is 5.56 Å². The van der Waals surface area contributed by atoms with Gasteiger partial charge in [0.25, 0.3) is 0 Å². The average Bonchev–Trinajstić information content (AvgIpc) is 2.94. The molecule has 1 N–H and O–H groups in total. The Morgan fingerprint density at radius 3 is 2.52 bits per heavy atom. The van der Waals surface area contributed by atoms with Crippen LogP contribution in [-0.2, 0) is 6.18 Å². The van der Waals surface area contributed by atoms with Crippen molar-refractivity contribution in [3.63, 3.8) is 0 Å². The van der Waals surface area contributed by atoms with Crippen molar-refractivity contribution in [1.82, 2.24) is 5.16 Å². The summed E-state index contributed by atoms with van der Waals surface area (Å²) < 4.78 is 43.2. The van der Waals surface area contributed by atoms with Crippen molar-refractivity contribution in [2.24, 2.45) is 4.99 Å². The van der Waals surface area contributed by atoms with Crippen LogP contribution in [0.25, 0.3) is 11.3 Å². The van der Waals surface area contributed by atoms with Crippen LogP contribution in [0.5, 0.6) is 0 Å². The van der Waals surface area contributed by atoms with Crippen LogP contribution in [0.4, 0.5) is 18.9 Å². The Bertz CT molecular complexity index is 976. The molecule has 0 bridgehead atoms.